The highest BCUT2D eigenvalue weighted by molar-refractivity contribution is 5.65. The molecule has 0 aromatic heterocycles. The minimum atomic E-state index is -0.963. The maximum atomic E-state index is 14.8. The van der Waals surface area contributed by atoms with E-state index in [-0.39, 0.29) is 17.2 Å². The van der Waals surface area contributed by atoms with Gasteiger partial charge in [-0.05, 0) is 42.9 Å². The fourth-order valence-corrected chi connectivity index (χ4v) is 3.72. The Bertz CT molecular complexity index is 814. The molecule has 1 saturated heterocycles. The second-order valence-electron chi connectivity index (χ2n) is 7.63. The van der Waals surface area contributed by atoms with Crippen LogP contribution in [0.25, 0.3) is 11.1 Å². The number of hydrogen-bond donors (Lipinski definition) is 0. The first-order valence-corrected chi connectivity index (χ1v) is 10.5. The van der Waals surface area contributed by atoms with Gasteiger partial charge in [-0.2, -0.15) is 0 Å². The summed E-state index contributed by atoms with van der Waals surface area (Å²) in [5.74, 6) is -2.27. The van der Waals surface area contributed by atoms with Crippen LogP contribution in [0.1, 0.15) is 63.2 Å². The average Bonchev–Trinajstić information content (AvgIpc) is 2.73. The summed E-state index contributed by atoms with van der Waals surface area (Å²) in [7, 11) is 0. The SMILES string of the molecule is CCCCOC1CCC(c2ccc(-c3ccc(CCC)c(F)c3)c(F)c2F)OC1. The van der Waals surface area contributed by atoms with Crippen LogP contribution in [0.5, 0.6) is 0 Å². The molecular weight excluding hydrogens is 377 g/mol. The molecule has 0 radical (unpaired) electrons. The van der Waals surface area contributed by atoms with E-state index in [2.05, 4.69) is 6.92 Å². The van der Waals surface area contributed by atoms with Crippen LogP contribution in [-0.2, 0) is 15.9 Å². The number of halogens is 3. The highest BCUT2D eigenvalue weighted by Crippen LogP contribution is 2.35. The molecule has 158 valence electrons. The summed E-state index contributed by atoms with van der Waals surface area (Å²) in [4.78, 5) is 0. The molecular formula is C24H29F3O2. The van der Waals surface area contributed by atoms with Crippen molar-refractivity contribution in [3.63, 3.8) is 0 Å². The Morgan fingerprint density at radius 3 is 2.48 bits per heavy atom. The zero-order valence-electron chi connectivity index (χ0n) is 17.1. The summed E-state index contributed by atoms with van der Waals surface area (Å²) in [5.41, 5.74) is 1.19. The van der Waals surface area contributed by atoms with Crippen molar-refractivity contribution in [3.05, 3.63) is 58.9 Å². The predicted molar refractivity (Wildman–Crippen MR) is 108 cm³/mol. The Morgan fingerprint density at radius 2 is 1.83 bits per heavy atom. The summed E-state index contributed by atoms with van der Waals surface area (Å²) in [5, 5.41) is 0. The van der Waals surface area contributed by atoms with Crippen molar-refractivity contribution < 1.29 is 22.6 Å². The van der Waals surface area contributed by atoms with Crippen LogP contribution in [-0.4, -0.2) is 19.3 Å². The zero-order chi connectivity index (χ0) is 20.8. The molecule has 2 atom stereocenters. The molecule has 2 unspecified atom stereocenters. The second-order valence-corrected chi connectivity index (χ2v) is 7.63. The van der Waals surface area contributed by atoms with E-state index in [1.165, 1.54) is 12.1 Å². The standard InChI is InChI=1S/C24H29F3O2/c1-3-5-13-28-18-9-12-22(29-15-18)20-11-10-19(23(26)24(20)27)17-8-7-16(6-4-2)21(25)14-17/h7-8,10-11,14,18,22H,3-6,9,12-13,15H2,1-2H3. The third kappa shape index (κ3) is 5.20. The molecule has 0 N–H and O–H groups in total. The van der Waals surface area contributed by atoms with Crippen LogP contribution in [0, 0.1) is 17.5 Å². The van der Waals surface area contributed by atoms with Crippen LogP contribution in [0.3, 0.4) is 0 Å². The van der Waals surface area contributed by atoms with Gasteiger partial charge in [0.2, 0.25) is 0 Å². The first kappa shape index (κ1) is 21.8. The van der Waals surface area contributed by atoms with Gasteiger partial charge in [-0.3, -0.25) is 0 Å². The fraction of sp³-hybridized carbons (Fsp3) is 0.500. The quantitative estimate of drug-likeness (QED) is 0.451. The van der Waals surface area contributed by atoms with Crippen molar-refractivity contribution in [2.45, 2.75) is 64.6 Å². The third-order valence-electron chi connectivity index (χ3n) is 5.43. The van der Waals surface area contributed by atoms with Crippen LogP contribution in [0.15, 0.2) is 30.3 Å². The minimum Gasteiger partial charge on any atom is -0.376 e. The van der Waals surface area contributed by atoms with Crippen LogP contribution in [0.2, 0.25) is 0 Å². The highest BCUT2D eigenvalue weighted by Gasteiger charge is 2.27. The fourth-order valence-electron chi connectivity index (χ4n) is 3.72. The Hall–Kier alpha value is -1.85. The van der Waals surface area contributed by atoms with Gasteiger partial charge in [0.25, 0.3) is 0 Å². The van der Waals surface area contributed by atoms with Gasteiger partial charge in [0.15, 0.2) is 11.6 Å². The van der Waals surface area contributed by atoms with Crippen LogP contribution >= 0.6 is 0 Å². The lowest BCUT2D eigenvalue weighted by atomic mass is 9.95. The Balaban J connectivity index is 1.73. The second kappa shape index (κ2) is 10.3. The molecule has 0 spiro atoms. The van der Waals surface area contributed by atoms with Crippen molar-refractivity contribution in [1.82, 2.24) is 0 Å². The summed E-state index contributed by atoms with van der Waals surface area (Å²) < 4.78 is 55.3. The molecule has 2 nitrogen and oxygen atoms in total. The van der Waals surface area contributed by atoms with Gasteiger partial charge >= 0.3 is 0 Å². The Morgan fingerprint density at radius 1 is 1.00 bits per heavy atom. The topological polar surface area (TPSA) is 18.5 Å². The molecule has 1 aliphatic rings. The molecule has 0 amide bonds. The molecule has 1 fully saturated rings. The van der Waals surface area contributed by atoms with Crippen molar-refractivity contribution in [1.29, 1.82) is 0 Å². The highest BCUT2D eigenvalue weighted by atomic mass is 19.2. The molecule has 0 bridgehead atoms. The van der Waals surface area contributed by atoms with Crippen molar-refractivity contribution in [2.75, 3.05) is 13.2 Å². The van der Waals surface area contributed by atoms with E-state index < -0.39 is 23.6 Å². The van der Waals surface area contributed by atoms with E-state index >= 15 is 0 Å². The summed E-state index contributed by atoms with van der Waals surface area (Å²) >= 11 is 0. The smallest absolute Gasteiger partial charge is 0.167 e. The lowest BCUT2D eigenvalue weighted by Gasteiger charge is -2.29. The van der Waals surface area contributed by atoms with Crippen molar-refractivity contribution >= 4 is 0 Å². The molecule has 3 rings (SSSR count). The number of hydrogen-bond acceptors (Lipinski definition) is 2. The lowest BCUT2D eigenvalue weighted by Crippen LogP contribution is -2.28. The summed E-state index contributed by atoms with van der Waals surface area (Å²) in [6, 6.07) is 7.62. The maximum Gasteiger partial charge on any atom is 0.167 e. The molecule has 29 heavy (non-hydrogen) atoms. The van der Waals surface area contributed by atoms with E-state index in [0.29, 0.717) is 37.2 Å². The molecule has 0 aliphatic carbocycles. The normalized spacial score (nSPS) is 19.5. The van der Waals surface area contributed by atoms with Gasteiger partial charge < -0.3 is 9.47 Å². The van der Waals surface area contributed by atoms with E-state index in [1.807, 2.05) is 6.92 Å². The van der Waals surface area contributed by atoms with Gasteiger partial charge in [-0.25, -0.2) is 13.2 Å². The van der Waals surface area contributed by atoms with Gasteiger partial charge in [-0.1, -0.05) is 51.0 Å². The van der Waals surface area contributed by atoms with Crippen molar-refractivity contribution in [3.8, 4) is 11.1 Å². The maximum absolute atomic E-state index is 14.8. The van der Waals surface area contributed by atoms with Gasteiger partial charge in [0.1, 0.15) is 5.82 Å². The number of unbranched alkanes of at least 4 members (excludes halogenated alkanes) is 1. The molecule has 1 heterocycles. The largest absolute Gasteiger partial charge is 0.376 e. The first-order valence-electron chi connectivity index (χ1n) is 10.5. The molecule has 2 aromatic carbocycles. The predicted octanol–water partition coefficient (Wildman–Crippen LogP) is 6.76. The Labute approximate surface area is 171 Å². The van der Waals surface area contributed by atoms with E-state index in [0.717, 1.165) is 25.7 Å². The average molecular weight is 406 g/mol. The van der Waals surface area contributed by atoms with E-state index in [9.17, 15) is 13.2 Å². The number of benzene rings is 2. The monoisotopic (exact) mass is 406 g/mol. The van der Waals surface area contributed by atoms with E-state index in [4.69, 9.17) is 9.47 Å². The number of ether oxygens (including phenoxy) is 2. The van der Waals surface area contributed by atoms with Gasteiger partial charge in [-0.15, -0.1) is 0 Å². The molecule has 0 saturated carbocycles. The van der Waals surface area contributed by atoms with Gasteiger partial charge in [0.05, 0.1) is 18.8 Å². The number of rotatable bonds is 8. The first-order chi connectivity index (χ1) is 14.0. The Kier molecular flexibility index (Phi) is 7.73. The molecule has 1 aliphatic heterocycles. The molecule has 5 heteroatoms. The van der Waals surface area contributed by atoms with E-state index in [1.54, 1.807) is 18.2 Å². The lowest BCUT2D eigenvalue weighted by molar-refractivity contribution is -0.0881. The minimum absolute atomic E-state index is 0.00888. The molecule has 2 aromatic rings. The summed E-state index contributed by atoms with van der Waals surface area (Å²) in [6.07, 6.45) is 4.35. The van der Waals surface area contributed by atoms with Crippen LogP contribution in [0.4, 0.5) is 13.2 Å². The van der Waals surface area contributed by atoms with Crippen LogP contribution < -0.4 is 0 Å². The summed E-state index contributed by atoms with van der Waals surface area (Å²) in [6.45, 7) is 5.14. The van der Waals surface area contributed by atoms with Gasteiger partial charge in [0, 0.05) is 17.7 Å². The zero-order valence-corrected chi connectivity index (χ0v) is 17.1. The van der Waals surface area contributed by atoms with Crippen molar-refractivity contribution in [2.24, 2.45) is 0 Å². The third-order valence-corrected chi connectivity index (χ3v) is 5.43. The number of aryl methyl sites for hydroxylation is 1.